The van der Waals surface area contributed by atoms with E-state index in [4.69, 9.17) is 0 Å². The number of hydrogen-bond acceptors (Lipinski definition) is 5. The summed E-state index contributed by atoms with van der Waals surface area (Å²) < 4.78 is 0. The van der Waals surface area contributed by atoms with E-state index in [1.165, 1.54) is 0 Å². The maximum Gasteiger partial charge on any atom is 0.251 e. The van der Waals surface area contributed by atoms with Gasteiger partial charge in [-0.3, -0.25) is 4.79 Å². The zero-order valence-electron chi connectivity index (χ0n) is 14.2. The topological polar surface area (TPSA) is 99.3 Å². The number of carbonyl (C=O) groups is 1. The second-order valence-electron chi connectivity index (χ2n) is 5.97. The molecule has 0 fully saturated rings. The minimum atomic E-state index is -0.185. The van der Waals surface area contributed by atoms with Crippen LogP contribution in [0.4, 0.5) is 0 Å². The number of fused-ring (bicyclic) bond motifs is 2. The van der Waals surface area contributed by atoms with Crippen molar-refractivity contribution in [1.82, 2.24) is 30.7 Å². The Bertz CT molecular complexity index is 1020. The second-order valence-corrected chi connectivity index (χ2v) is 6.96. The van der Waals surface area contributed by atoms with Crippen LogP contribution in [0.1, 0.15) is 28.6 Å². The summed E-state index contributed by atoms with van der Waals surface area (Å²) >= 11 is 1.74. The van der Waals surface area contributed by atoms with E-state index in [0.717, 1.165) is 34.5 Å². The highest BCUT2D eigenvalue weighted by molar-refractivity contribution is 7.98. The number of thioether (sulfide) groups is 1. The molecule has 4 aromatic rings. The average Bonchev–Trinajstić information content (AvgIpc) is 3.30. The molecule has 8 heteroatoms. The van der Waals surface area contributed by atoms with Gasteiger partial charge in [-0.15, -0.1) is 0 Å². The lowest BCUT2D eigenvalue weighted by molar-refractivity contribution is 0.0934. The molecule has 2 aromatic carbocycles. The number of hydrogen-bond donors (Lipinski definition) is 3. The summed E-state index contributed by atoms with van der Waals surface area (Å²) in [5, 5.41) is 13.7. The molecule has 0 aliphatic rings. The molecule has 2 heterocycles. The predicted molar refractivity (Wildman–Crippen MR) is 103 cm³/mol. The van der Waals surface area contributed by atoms with Gasteiger partial charge in [-0.2, -0.15) is 27.2 Å². The minimum absolute atomic E-state index is 0.151. The summed E-state index contributed by atoms with van der Waals surface area (Å²) in [5.41, 5.74) is 3.82. The van der Waals surface area contributed by atoms with Crippen LogP contribution in [-0.4, -0.2) is 43.3 Å². The number of nitrogens with zero attached hydrogens (tertiary/aromatic N) is 3. The summed E-state index contributed by atoms with van der Waals surface area (Å²) in [6.07, 6.45) is 2.84. The number of carbonyl (C=O) groups excluding carboxylic acids is 1. The molecular formula is C18H18N6OS. The van der Waals surface area contributed by atoms with Crippen LogP contribution in [0.3, 0.4) is 0 Å². The van der Waals surface area contributed by atoms with E-state index in [-0.39, 0.29) is 11.9 Å². The number of H-pyrrole nitrogens is 2. The van der Waals surface area contributed by atoms with Crippen LogP contribution < -0.4 is 5.32 Å². The van der Waals surface area contributed by atoms with Gasteiger partial charge in [0.2, 0.25) is 0 Å². The van der Waals surface area contributed by atoms with Crippen molar-refractivity contribution in [3.63, 3.8) is 0 Å². The van der Waals surface area contributed by atoms with Crippen LogP contribution in [0.2, 0.25) is 0 Å². The second kappa shape index (κ2) is 7.17. The van der Waals surface area contributed by atoms with Crippen molar-refractivity contribution >= 4 is 39.7 Å². The molecule has 7 nitrogen and oxygen atoms in total. The predicted octanol–water partition coefficient (Wildman–Crippen LogP) is 3.06. The number of rotatable bonds is 6. The van der Waals surface area contributed by atoms with Gasteiger partial charge in [0.25, 0.3) is 5.91 Å². The number of para-hydroxylation sites is 2. The molecule has 0 aliphatic heterocycles. The fourth-order valence-corrected chi connectivity index (χ4v) is 3.35. The zero-order valence-corrected chi connectivity index (χ0v) is 15.0. The molecule has 0 saturated carbocycles. The first-order chi connectivity index (χ1) is 12.7. The first kappa shape index (κ1) is 16.6. The van der Waals surface area contributed by atoms with Gasteiger partial charge < -0.3 is 10.3 Å². The third-order valence-electron chi connectivity index (χ3n) is 4.23. The maximum atomic E-state index is 12.8. The molecule has 1 amide bonds. The molecule has 3 N–H and O–H groups in total. The number of aromatic nitrogens is 5. The van der Waals surface area contributed by atoms with Gasteiger partial charge in [-0.05, 0) is 48.8 Å². The van der Waals surface area contributed by atoms with Crippen molar-refractivity contribution in [3.8, 4) is 0 Å². The molecule has 4 rings (SSSR count). The van der Waals surface area contributed by atoms with E-state index in [9.17, 15) is 4.79 Å². The van der Waals surface area contributed by atoms with Gasteiger partial charge >= 0.3 is 0 Å². The van der Waals surface area contributed by atoms with Crippen molar-refractivity contribution in [2.24, 2.45) is 0 Å². The normalized spacial score (nSPS) is 12.5. The lowest BCUT2D eigenvalue weighted by Crippen LogP contribution is -2.29. The summed E-state index contributed by atoms with van der Waals surface area (Å²) in [6.45, 7) is 0. The van der Waals surface area contributed by atoms with E-state index in [1.54, 1.807) is 30.0 Å². The SMILES string of the molecule is CSCCC(NC(=O)c1ccc2n[nH]nc2c1)c1nc2ccccc2[nH]1. The first-order valence-electron chi connectivity index (χ1n) is 8.29. The summed E-state index contributed by atoms with van der Waals surface area (Å²) in [5.74, 6) is 1.54. The quantitative estimate of drug-likeness (QED) is 0.487. The van der Waals surface area contributed by atoms with Gasteiger partial charge in [0, 0.05) is 5.56 Å². The van der Waals surface area contributed by atoms with Gasteiger partial charge in [-0.25, -0.2) is 4.98 Å². The summed E-state index contributed by atoms with van der Waals surface area (Å²) in [7, 11) is 0. The number of amides is 1. The van der Waals surface area contributed by atoms with Crippen LogP contribution >= 0.6 is 11.8 Å². The maximum absolute atomic E-state index is 12.8. The Balaban J connectivity index is 1.60. The molecule has 26 heavy (non-hydrogen) atoms. The van der Waals surface area contributed by atoms with Gasteiger partial charge in [0.05, 0.1) is 17.1 Å². The summed E-state index contributed by atoms with van der Waals surface area (Å²) in [4.78, 5) is 20.7. The van der Waals surface area contributed by atoms with E-state index < -0.39 is 0 Å². The Kier molecular flexibility index (Phi) is 4.57. The van der Waals surface area contributed by atoms with E-state index >= 15 is 0 Å². The van der Waals surface area contributed by atoms with E-state index in [1.807, 2.05) is 24.3 Å². The standard InChI is InChI=1S/C18H18N6OS/c1-26-9-8-15(17-19-12-4-2-3-5-13(12)20-17)21-18(25)11-6-7-14-16(10-11)23-24-22-14/h2-7,10,15H,8-9H2,1H3,(H,19,20)(H,21,25)(H,22,23,24). The highest BCUT2D eigenvalue weighted by Crippen LogP contribution is 2.21. The van der Waals surface area contributed by atoms with Gasteiger partial charge in [0.15, 0.2) is 0 Å². The number of imidazole rings is 1. The van der Waals surface area contributed by atoms with Crippen LogP contribution in [-0.2, 0) is 0 Å². The molecule has 2 aromatic heterocycles. The molecule has 0 radical (unpaired) electrons. The van der Waals surface area contributed by atoms with Crippen molar-refractivity contribution in [1.29, 1.82) is 0 Å². The Morgan fingerprint density at radius 2 is 2.00 bits per heavy atom. The Morgan fingerprint density at radius 3 is 2.85 bits per heavy atom. The van der Waals surface area contributed by atoms with E-state index in [0.29, 0.717) is 11.1 Å². The molecule has 0 spiro atoms. The number of benzene rings is 2. The van der Waals surface area contributed by atoms with Crippen molar-refractivity contribution < 1.29 is 4.79 Å². The largest absolute Gasteiger partial charge is 0.342 e. The average molecular weight is 366 g/mol. The highest BCUT2D eigenvalue weighted by Gasteiger charge is 2.19. The third kappa shape index (κ3) is 3.28. The van der Waals surface area contributed by atoms with Crippen LogP contribution in [0.5, 0.6) is 0 Å². The van der Waals surface area contributed by atoms with Crippen molar-refractivity contribution in [2.75, 3.05) is 12.0 Å². The van der Waals surface area contributed by atoms with Crippen molar-refractivity contribution in [3.05, 3.63) is 53.9 Å². The van der Waals surface area contributed by atoms with Gasteiger partial charge in [-0.1, -0.05) is 12.1 Å². The highest BCUT2D eigenvalue weighted by atomic mass is 32.2. The van der Waals surface area contributed by atoms with Crippen molar-refractivity contribution in [2.45, 2.75) is 12.5 Å². The molecular weight excluding hydrogens is 348 g/mol. The smallest absolute Gasteiger partial charge is 0.251 e. The lowest BCUT2D eigenvalue weighted by Gasteiger charge is -2.16. The van der Waals surface area contributed by atoms with Gasteiger partial charge in [0.1, 0.15) is 16.9 Å². The zero-order chi connectivity index (χ0) is 17.9. The molecule has 0 bridgehead atoms. The third-order valence-corrected chi connectivity index (χ3v) is 4.88. The fourth-order valence-electron chi connectivity index (χ4n) is 2.87. The minimum Gasteiger partial charge on any atom is -0.342 e. The van der Waals surface area contributed by atoms with Crippen LogP contribution in [0.25, 0.3) is 22.1 Å². The molecule has 0 saturated heterocycles. The number of nitrogens with one attached hydrogen (secondary N) is 3. The summed E-state index contributed by atoms with van der Waals surface area (Å²) in [6, 6.07) is 13.0. The Labute approximate surface area is 154 Å². The monoisotopic (exact) mass is 366 g/mol. The molecule has 0 aliphatic carbocycles. The first-order valence-corrected chi connectivity index (χ1v) is 9.69. The Morgan fingerprint density at radius 1 is 1.15 bits per heavy atom. The van der Waals surface area contributed by atoms with Crippen LogP contribution in [0, 0.1) is 0 Å². The number of aromatic amines is 2. The Hall–Kier alpha value is -2.87. The van der Waals surface area contributed by atoms with E-state index in [2.05, 4.69) is 37.0 Å². The molecule has 1 unspecified atom stereocenters. The fraction of sp³-hybridized carbons (Fsp3) is 0.222. The van der Waals surface area contributed by atoms with Crippen LogP contribution in [0.15, 0.2) is 42.5 Å². The lowest BCUT2D eigenvalue weighted by atomic mass is 10.1. The molecule has 1 atom stereocenters. The molecule has 132 valence electrons.